The molecule has 0 aliphatic heterocycles. The molecule has 15 heavy (non-hydrogen) atoms. The Balaban J connectivity index is 2.27. The minimum absolute atomic E-state index is 0.607. The fraction of sp³-hybridized carbons (Fsp3) is 0. The minimum atomic E-state index is 0.607. The Bertz CT molecular complexity index is 500. The van der Waals surface area contributed by atoms with Gasteiger partial charge in [0.2, 0.25) is 0 Å². The van der Waals surface area contributed by atoms with Crippen molar-refractivity contribution in [2.45, 2.75) is 0 Å². The van der Waals surface area contributed by atoms with E-state index in [1.807, 2.05) is 6.07 Å². The molecule has 5 nitrogen and oxygen atoms in total. The number of nitrogens with one attached hydrogen (secondary N) is 2. The van der Waals surface area contributed by atoms with E-state index >= 15 is 0 Å². The van der Waals surface area contributed by atoms with Crippen molar-refractivity contribution in [2.75, 3.05) is 5.32 Å². The number of nitrogens with zero attached hydrogens (tertiary/aromatic N) is 3. The maximum absolute atomic E-state index is 8.69. The van der Waals surface area contributed by atoms with Gasteiger partial charge in [0.1, 0.15) is 5.82 Å². The highest BCUT2D eigenvalue weighted by Crippen LogP contribution is 2.25. The maximum Gasteiger partial charge on any atom is 0.146 e. The zero-order valence-corrected chi connectivity index (χ0v) is 9.12. The number of H-pyrrole nitrogens is 1. The summed E-state index contributed by atoms with van der Waals surface area (Å²) in [6.07, 6.45) is 1.57. The van der Waals surface area contributed by atoms with Crippen molar-refractivity contribution in [1.29, 1.82) is 5.26 Å². The largest absolute Gasteiger partial charge is 0.338 e. The number of anilines is 2. The van der Waals surface area contributed by atoms with Crippen LogP contribution in [0.25, 0.3) is 0 Å². The van der Waals surface area contributed by atoms with E-state index in [2.05, 4.69) is 42.7 Å². The van der Waals surface area contributed by atoms with Gasteiger partial charge in [-0.15, -0.1) is 5.10 Å². The maximum atomic E-state index is 8.69. The SMILES string of the molecule is N#Cc1ccc(Nc2cnn[nH]2)c(Br)c1. The third kappa shape index (κ3) is 2.14. The van der Waals surface area contributed by atoms with E-state index in [4.69, 9.17) is 5.26 Å². The van der Waals surface area contributed by atoms with Gasteiger partial charge >= 0.3 is 0 Å². The number of aromatic nitrogens is 3. The lowest BCUT2D eigenvalue weighted by Gasteiger charge is -2.05. The molecule has 0 fully saturated rings. The molecule has 0 aliphatic rings. The van der Waals surface area contributed by atoms with E-state index in [-0.39, 0.29) is 0 Å². The molecule has 1 heterocycles. The highest BCUT2D eigenvalue weighted by molar-refractivity contribution is 9.10. The Hall–Kier alpha value is -1.87. The van der Waals surface area contributed by atoms with Gasteiger partial charge in [-0.05, 0) is 34.1 Å². The molecule has 0 aliphatic carbocycles. The molecular formula is C9H6BrN5. The third-order valence-electron chi connectivity index (χ3n) is 1.78. The summed E-state index contributed by atoms with van der Waals surface area (Å²) in [4.78, 5) is 0. The first-order valence-corrected chi connectivity index (χ1v) is 4.91. The summed E-state index contributed by atoms with van der Waals surface area (Å²) in [5.41, 5.74) is 1.45. The van der Waals surface area contributed by atoms with Gasteiger partial charge in [-0.3, -0.25) is 0 Å². The van der Waals surface area contributed by atoms with Gasteiger partial charge in [0, 0.05) is 4.47 Å². The predicted molar refractivity (Wildman–Crippen MR) is 58.5 cm³/mol. The number of aromatic amines is 1. The quantitative estimate of drug-likeness (QED) is 0.871. The molecule has 6 heteroatoms. The highest BCUT2D eigenvalue weighted by atomic mass is 79.9. The fourth-order valence-electron chi connectivity index (χ4n) is 1.09. The molecule has 0 saturated heterocycles. The Morgan fingerprint density at radius 1 is 1.47 bits per heavy atom. The molecule has 0 radical (unpaired) electrons. The average molecular weight is 264 g/mol. The summed E-state index contributed by atoms with van der Waals surface area (Å²) in [5.74, 6) is 0.695. The molecule has 0 spiro atoms. The molecule has 2 aromatic rings. The standard InChI is InChI=1S/C9H6BrN5/c10-7-3-6(4-11)1-2-8(7)13-9-5-12-15-14-9/h1-3,5H,(H2,12,13,14,15). The topological polar surface area (TPSA) is 77.4 Å². The molecule has 1 aromatic carbocycles. The van der Waals surface area contributed by atoms with Crippen LogP contribution in [-0.4, -0.2) is 15.4 Å². The first kappa shape index (κ1) is 9.68. The van der Waals surface area contributed by atoms with Crippen molar-refractivity contribution >= 4 is 27.4 Å². The second-order valence-corrected chi connectivity index (χ2v) is 3.66. The predicted octanol–water partition coefficient (Wildman–Crippen LogP) is 2.18. The summed E-state index contributed by atoms with van der Waals surface area (Å²) in [6.45, 7) is 0. The van der Waals surface area contributed by atoms with Crippen molar-refractivity contribution in [3.63, 3.8) is 0 Å². The molecule has 1 aromatic heterocycles. The number of halogens is 1. The molecule has 0 unspecified atom stereocenters. The van der Waals surface area contributed by atoms with Crippen LogP contribution < -0.4 is 5.32 Å². The number of rotatable bonds is 2. The van der Waals surface area contributed by atoms with Crippen LogP contribution in [0.4, 0.5) is 11.5 Å². The zero-order chi connectivity index (χ0) is 10.7. The normalized spacial score (nSPS) is 9.60. The Labute approximate surface area is 94.2 Å². The summed E-state index contributed by atoms with van der Waals surface area (Å²) in [6, 6.07) is 7.35. The van der Waals surface area contributed by atoms with Crippen LogP contribution >= 0.6 is 15.9 Å². The van der Waals surface area contributed by atoms with Crippen LogP contribution in [0.2, 0.25) is 0 Å². The number of hydrogen-bond acceptors (Lipinski definition) is 4. The number of nitriles is 1. The van der Waals surface area contributed by atoms with Crippen LogP contribution in [0.5, 0.6) is 0 Å². The Kier molecular flexibility index (Phi) is 2.65. The van der Waals surface area contributed by atoms with Gasteiger partial charge in [-0.2, -0.15) is 5.26 Å². The van der Waals surface area contributed by atoms with Gasteiger partial charge in [-0.1, -0.05) is 5.21 Å². The van der Waals surface area contributed by atoms with E-state index in [9.17, 15) is 0 Å². The number of benzene rings is 1. The van der Waals surface area contributed by atoms with E-state index in [0.29, 0.717) is 11.4 Å². The van der Waals surface area contributed by atoms with Crippen molar-refractivity contribution in [1.82, 2.24) is 15.4 Å². The van der Waals surface area contributed by atoms with E-state index in [0.717, 1.165) is 10.2 Å². The molecule has 2 N–H and O–H groups in total. The number of hydrogen-bond donors (Lipinski definition) is 2. The first-order valence-electron chi connectivity index (χ1n) is 4.12. The van der Waals surface area contributed by atoms with Gasteiger partial charge < -0.3 is 5.32 Å². The van der Waals surface area contributed by atoms with Gasteiger partial charge in [0.15, 0.2) is 0 Å². The van der Waals surface area contributed by atoms with Crippen molar-refractivity contribution in [3.05, 3.63) is 34.4 Å². The summed E-state index contributed by atoms with van der Waals surface area (Å²) >= 11 is 3.37. The summed E-state index contributed by atoms with van der Waals surface area (Å²) in [5, 5.41) is 21.7. The Morgan fingerprint density at radius 3 is 2.93 bits per heavy atom. The highest BCUT2D eigenvalue weighted by Gasteiger charge is 2.02. The monoisotopic (exact) mass is 263 g/mol. The average Bonchev–Trinajstić information content (AvgIpc) is 2.74. The fourth-order valence-corrected chi connectivity index (χ4v) is 1.57. The van der Waals surface area contributed by atoms with Gasteiger partial charge in [0.25, 0.3) is 0 Å². The lowest BCUT2D eigenvalue weighted by Crippen LogP contribution is -1.92. The van der Waals surface area contributed by atoms with Gasteiger partial charge in [-0.25, -0.2) is 5.10 Å². The lowest BCUT2D eigenvalue weighted by atomic mass is 10.2. The molecule has 2 rings (SSSR count). The second-order valence-electron chi connectivity index (χ2n) is 2.80. The van der Waals surface area contributed by atoms with Crippen LogP contribution in [-0.2, 0) is 0 Å². The lowest BCUT2D eigenvalue weighted by molar-refractivity contribution is 0.942. The minimum Gasteiger partial charge on any atom is -0.338 e. The van der Waals surface area contributed by atoms with Gasteiger partial charge in [0.05, 0.1) is 23.5 Å². The molecule has 74 valence electrons. The first-order chi connectivity index (χ1) is 7.29. The summed E-state index contributed by atoms with van der Waals surface area (Å²) in [7, 11) is 0. The zero-order valence-electron chi connectivity index (χ0n) is 7.53. The van der Waals surface area contributed by atoms with Crippen LogP contribution in [0.3, 0.4) is 0 Å². The van der Waals surface area contributed by atoms with Crippen LogP contribution in [0.15, 0.2) is 28.9 Å². The van der Waals surface area contributed by atoms with E-state index in [1.54, 1.807) is 18.3 Å². The van der Waals surface area contributed by atoms with Crippen molar-refractivity contribution in [2.24, 2.45) is 0 Å². The molecule has 0 saturated carbocycles. The molecule has 0 amide bonds. The van der Waals surface area contributed by atoms with E-state index in [1.165, 1.54) is 0 Å². The molecule has 0 bridgehead atoms. The van der Waals surface area contributed by atoms with Crippen LogP contribution in [0, 0.1) is 11.3 Å². The van der Waals surface area contributed by atoms with Crippen molar-refractivity contribution < 1.29 is 0 Å². The third-order valence-corrected chi connectivity index (χ3v) is 2.44. The second kappa shape index (κ2) is 4.11. The Morgan fingerprint density at radius 2 is 2.33 bits per heavy atom. The molecule has 0 atom stereocenters. The molecular weight excluding hydrogens is 258 g/mol. The smallest absolute Gasteiger partial charge is 0.146 e. The van der Waals surface area contributed by atoms with Crippen LogP contribution in [0.1, 0.15) is 5.56 Å². The summed E-state index contributed by atoms with van der Waals surface area (Å²) < 4.78 is 0.816. The van der Waals surface area contributed by atoms with E-state index < -0.39 is 0 Å². The van der Waals surface area contributed by atoms with Crippen molar-refractivity contribution in [3.8, 4) is 6.07 Å².